The van der Waals surface area contributed by atoms with Crippen molar-refractivity contribution in [2.24, 2.45) is 5.92 Å². The van der Waals surface area contributed by atoms with Crippen LogP contribution in [0.4, 0.5) is 0 Å². The average molecular weight is 286 g/mol. The van der Waals surface area contributed by atoms with Gasteiger partial charge in [-0.2, -0.15) is 0 Å². The van der Waals surface area contributed by atoms with E-state index >= 15 is 0 Å². The van der Waals surface area contributed by atoms with E-state index in [0.717, 1.165) is 12.0 Å². The zero-order chi connectivity index (χ0) is 13.8. The summed E-state index contributed by atoms with van der Waals surface area (Å²) >= 11 is 3.92. The molecule has 0 N–H and O–H groups in total. The first-order valence-corrected chi connectivity index (χ1v) is 8.28. The fourth-order valence-electron chi connectivity index (χ4n) is 3.44. The molecule has 1 heterocycles. The molecule has 1 aliphatic carbocycles. The van der Waals surface area contributed by atoms with Gasteiger partial charge in [0.05, 0.1) is 6.10 Å². The maximum Gasteiger partial charge on any atom is 0.0748 e. The van der Waals surface area contributed by atoms with E-state index in [9.17, 15) is 0 Å². The number of nitrogens with zero attached hydrogens (tertiary/aromatic N) is 2. The third-order valence-corrected chi connectivity index (χ3v) is 5.31. The van der Waals surface area contributed by atoms with E-state index in [0.29, 0.717) is 12.1 Å². The van der Waals surface area contributed by atoms with E-state index in [1.165, 1.54) is 51.9 Å². The van der Waals surface area contributed by atoms with Crippen LogP contribution in [0.5, 0.6) is 0 Å². The molecule has 0 bridgehead atoms. The van der Waals surface area contributed by atoms with E-state index in [2.05, 4.69) is 43.5 Å². The van der Waals surface area contributed by atoms with Gasteiger partial charge in [-0.1, -0.05) is 6.92 Å². The van der Waals surface area contributed by atoms with Gasteiger partial charge in [-0.15, -0.1) is 0 Å². The van der Waals surface area contributed by atoms with Crippen LogP contribution >= 0.6 is 12.9 Å². The molecule has 0 aromatic carbocycles. The lowest BCUT2D eigenvalue weighted by atomic mass is 9.86. The second-order valence-corrected chi connectivity index (χ2v) is 6.72. The first-order chi connectivity index (χ1) is 9.13. The van der Waals surface area contributed by atoms with Crippen LogP contribution in [0, 0.1) is 5.92 Å². The first-order valence-electron chi connectivity index (χ1n) is 7.92. The molecule has 0 aromatic heterocycles. The summed E-state index contributed by atoms with van der Waals surface area (Å²) < 4.78 is 5.10. The molecule has 0 amide bonds. The topological polar surface area (TPSA) is 15.7 Å². The van der Waals surface area contributed by atoms with Crippen LogP contribution in [0.3, 0.4) is 0 Å². The lowest BCUT2D eigenvalue weighted by Gasteiger charge is -2.44. The summed E-state index contributed by atoms with van der Waals surface area (Å²) in [6.45, 7) is 11.9. The van der Waals surface area contributed by atoms with Gasteiger partial charge < -0.3 is 14.0 Å². The van der Waals surface area contributed by atoms with Crippen molar-refractivity contribution in [2.75, 3.05) is 26.2 Å². The predicted molar refractivity (Wildman–Crippen MR) is 83.6 cm³/mol. The number of rotatable bonds is 6. The first kappa shape index (κ1) is 15.6. The molecule has 2 rings (SSSR count). The summed E-state index contributed by atoms with van der Waals surface area (Å²) in [5.74, 6) is 0.894. The molecule has 2 fully saturated rings. The van der Waals surface area contributed by atoms with Crippen LogP contribution in [0.15, 0.2) is 0 Å². The monoisotopic (exact) mass is 286 g/mol. The van der Waals surface area contributed by atoms with Crippen molar-refractivity contribution in [3.05, 3.63) is 0 Å². The second kappa shape index (κ2) is 7.30. The molecule has 0 unspecified atom stereocenters. The van der Waals surface area contributed by atoms with Crippen LogP contribution < -0.4 is 0 Å². The molecule has 112 valence electrons. The Morgan fingerprint density at radius 1 is 1.26 bits per heavy atom. The van der Waals surface area contributed by atoms with Gasteiger partial charge in [0.2, 0.25) is 0 Å². The molecule has 0 radical (unpaired) electrons. The highest BCUT2D eigenvalue weighted by Crippen LogP contribution is 2.30. The molecule has 3 nitrogen and oxygen atoms in total. The maximum atomic E-state index is 5.10. The molecular weight excluding hydrogens is 256 g/mol. The molecule has 1 saturated heterocycles. The molecule has 19 heavy (non-hydrogen) atoms. The Hall–Kier alpha value is 0.230. The summed E-state index contributed by atoms with van der Waals surface area (Å²) in [5, 5.41) is 0. The van der Waals surface area contributed by atoms with Gasteiger partial charge in [-0.05, 0) is 78.0 Å². The molecule has 2 aliphatic rings. The second-order valence-electron chi connectivity index (χ2n) is 6.51. The smallest absolute Gasteiger partial charge is 0.0748 e. The third-order valence-electron chi connectivity index (χ3n) is 5.01. The minimum atomic E-state index is 0.394. The van der Waals surface area contributed by atoms with Gasteiger partial charge in [-0.3, -0.25) is 0 Å². The van der Waals surface area contributed by atoms with Gasteiger partial charge in [0, 0.05) is 18.6 Å². The third kappa shape index (κ3) is 4.10. The van der Waals surface area contributed by atoms with E-state index in [1.54, 1.807) is 0 Å². The molecule has 1 saturated carbocycles. The van der Waals surface area contributed by atoms with Gasteiger partial charge in [0.15, 0.2) is 0 Å². The zero-order valence-corrected chi connectivity index (χ0v) is 13.6. The Balaban J connectivity index is 1.71. The van der Waals surface area contributed by atoms with Crippen LogP contribution in [0.25, 0.3) is 0 Å². The van der Waals surface area contributed by atoms with Crippen molar-refractivity contribution < 1.29 is 4.18 Å². The zero-order valence-electron chi connectivity index (χ0n) is 12.7. The fraction of sp³-hybridized carbons (Fsp3) is 1.00. The van der Waals surface area contributed by atoms with Crippen molar-refractivity contribution in [2.45, 2.75) is 64.6 Å². The Morgan fingerprint density at radius 3 is 2.37 bits per heavy atom. The van der Waals surface area contributed by atoms with Gasteiger partial charge in [-0.25, -0.2) is 0 Å². The number of piperidine rings is 1. The summed E-state index contributed by atoms with van der Waals surface area (Å²) in [6.07, 6.45) is 5.47. The largest absolute Gasteiger partial charge is 0.315 e. The lowest BCUT2D eigenvalue weighted by molar-refractivity contribution is 0.0167. The van der Waals surface area contributed by atoms with Crippen molar-refractivity contribution in [3.8, 4) is 0 Å². The summed E-state index contributed by atoms with van der Waals surface area (Å²) in [4.78, 5) is 5.28. The van der Waals surface area contributed by atoms with Gasteiger partial charge in [0.1, 0.15) is 0 Å². The number of likely N-dealkylation sites (tertiary alicyclic amines) is 1. The minimum Gasteiger partial charge on any atom is -0.315 e. The predicted octanol–water partition coefficient (Wildman–Crippen LogP) is 2.82. The molecule has 0 spiro atoms. The van der Waals surface area contributed by atoms with Crippen molar-refractivity contribution in [1.29, 1.82) is 0 Å². The van der Waals surface area contributed by atoms with Crippen molar-refractivity contribution in [3.63, 3.8) is 0 Å². The Morgan fingerprint density at radius 2 is 1.89 bits per heavy atom. The highest BCUT2D eigenvalue weighted by atomic mass is 32.1. The minimum absolute atomic E-state index is 0.394. The maximum absolute atomic E-state index is 5.10. The Bertz CT molecular complexity index is 261. The van der Waals surface area contributed by atoms with E-state index < -0.39 is 0 Å². The van der Waals surface area contributed by atoms with Crippen LogP contribution in [-0.2, 0) is 4.18 Å². The van der Waals surface area contributed by atoms with Crippen LogP contribution in [0.1, 0.15) is 46.5 Å². The summed E-state index contributed by atoms with van der Waals surface area (Å²) in [6, 6.07) is 1.45. The average Bonchev–Trinajstić information content (AvgIpc) is 2.36. The molecule has 4 heteroatoms. The van der Waals surface area contributed by atoms with E-state index in [1.807, 2.05) is 0 Å². The van der Waals surface area contributed by atoms with Crippen LogP contribution in [0.2, 0.25) is 0 Å². The standard InChI is InChI=1S/C15H30N2OS/c1-4-16(14-9-15(10-14)18-19)11-13-5-7-17(8-6-13)12(2)3/h12-15,19H,4-11H2,1-3H3/t14-,15-. The van der Waals surface area contributed by atoms with E-state index in [-0.39, 0.29) is 0 Å². The van der Waals surface area contributed by atoms with Crippen molar-refractivity contribution >= 4 is 12.9 Å². The van der Waals surface area contributed by atoms with E-state index in [4.69, 9.17) is 4.18 Å². The normalized spacial score (nSPS) is 30.0. The van der Waals surface area contributed by atoms with Gasteiger partial charge >= 0.3 is 0 Å². The fourth-order valence-corrected chi connectivity index (χ4v) is 3.61. The molecular formula is C15H30N2OS. The molecule has 1 aliphatic heterocycles. The molecule has 0 aromatic rings. The van der Waals surface area contributed by atoms with Gasteiger partial charge in [0.25, 0.3) is 0 Å². The number of hydrogen-bond donors (Lipinski definition) is 1. The quantitative estimate of drug-likeness (QED) is 0.597. The molecule has 0 atom stereocenters. The SMILES string of the molecule is CCN(CC1CCN(C(C)C)CC1)[C@H]1C[C@H](OS)C1. The van der Waals surface area contributed by atoms with Crippen LogP contribution in [-0.4, -0.2) is 54.2 Å². The summed E-state index contributed by atoms with van der Waals surface area (Å²) in [5.41, 5.74) is 0. The Labute approximate surface area is 124 Å². The number of hydrogen-bond acceptors (Lipinski definition) is 4. The van der Waals surface area contributed by atoms with Crippen molar-refractivity contribution in [1.82, 2.24) is 9.80 Å². The highest BCUT2D eigenvalue weighted by Gasteiger charge is 2.34. The number of thiol groups is 1. The highest BCUT2D eigenvalue weighted by molar-refractivity contribution is 7.75. The Kier molecular flexibility index (Phi) is 6.00. The summed E-state index contributed by atoms with van der Waals surface area (Å²) in [7, 11) is 0. The lowest BCUT2D eigenvalue weighted by Crippen LogP contribution is -2.50.